The number of rotatable bonds is 7. The molecule has 0 bridgehead atoms. The van der Waals surface area contributed by atoms with Crippen LogP contribution in [0.5, 0.6) is 5.75 Å². The first-order chi connectivity index (χ1) is 12.0. The number of hydrogen-bond acceptors (Lipinski definition) is 5. The van der Waals surface area contributed by atoms with Crippen molar-refractivity contribution in [2.24, 2.45) is 0 Å². The quantitative estimate of drug-likeness (QED) is 0.618. The van der Waals surface area contributed by atoms with E-state index in [0.717, 1.165) is 5.56 Å². The Labute approximate surface area is 145 Å². The van der Waals surface area contributed by atoms with E-state index in [1.807, 2.05) is 19.1 Å². The van der Waals surface area contributed by atoms with Gasteiger partial charge in [-0.25, -0.2) is 4.79 Å². The summed E-state index contributed by atoms with van der Waals surface area (Å²) in [6.45, 7) is 2.53. The molecule has 0 unspecified atom stereocenters. The molecule has 2 aromatic rings. The van der Waals surface area contributed by atoms with Crippen LogP contribution in [0.2, 0.25) is 0 Å². The van der Waals surface area contributed by atoms with Gasteiger partial charge in [0.1, 0.15) is 5.75 Å². The zero-order valence-corrected chi connectivity index (χ0v) is 14.1. The van der Waals surface area contributed by atoms with Crippen molar-refractivity contribution in [3.05, 3.63) is 59.7 Å². The lowest BCUT2D eigenvalue weighted by molar-refractivity contribution is -0.149. The predicted molar refractivity (Wildman–Crippen MR) is 92.7 cm³/mol. The largest absolute Gasteiger partial charge is 0.482 e. The first kappa shape index (κ1) is 18.2. The maximum absolute atomic E-state index is 11.9. The maximum Gasteiger partial charge on any atom is 0.344 e. The van der Waals surface area contributed by atoms with Crippen LogP contribution in [0.25, 0.3) is 0 Å². The highest BCUT2D eigenvalue weighted by molar-refractivity contribution is 6.04. The minimum absolute atomic E-state index is 0.167. The van der Waals surface area contributed by atoms with E-state index in [-0.39, 0.29) is 12.4 Å². The molecule has 0 aliphatic heterocycles. The third-order valence-electron chi connectivity index (χ3n) is 3.38. The average molecular weight is 341 g/mol. The van der Waals surface area contributed by atoms with Crippen molar-refractivity contribution >= 4 is 23.3 Å². The van der Waals surface area contributed by atoms with Crippen molar-refractivity contribution in [1.29, 1.82) is 0 Å². The van der Waals surface area contributed by atoms with Crippen LogP contribution in [0, 0.1) is 6.92 Å². The molecular weight excluding hydrogens is 322 g/mol. The zero-order valence-electron chi connectivity index (χ0n) is 14.1. The van der Waals surface area contributed by atoms with Gasteiger partial charge in [0.2, 0.25) is 0 Å². The first-order valence-corrected chi connectivity index (χ1v) is 7.71. The van der Waals surface area contributed by atoms with Crippen LogP contribution < -0.4 is 10.1 Å². The van der Waals surface area contributed by atoms with Gasteiger partial charge in [-0.05, 0) is 37.6 Å². The molecule has 0 saturated carbocycles. The van der Waals surface area contributed by atoms with E-state index in [4.69, 9.17) is 9.47 Å². The number of ketones is 1. The zero-order chi connectivity index (χ0) is 18.2. The SMILES string of the molecule is CC(=O)c1ccccc1NC(=O)COC(=O)COc1ccccc1C. The second kappa shape index (κ2) is 8.63. The Balaban J connectivity index is 1.81. The fraction of sp³-hybridized carbons (Fsp3) is 0.211. The number of esters is 1. The fourth-order valence-electron chi connectivity index (χ4n) is 2.13. The number of carbonyl (C=O) groups excluding carboxylic acids is 3. The number of ether oxygens (including phenoxy) is 2. The average Bonchev–Trinajstić information content (AvgIpc) is 2.59. The summed E-state index contributed by atoms with van der Waals surface area (Å²) in [6, 6.07) is 13.9. The number of amides is 1. The molecule has 0 atom stereocenters. The van der Waals surface area contributed by atoms with E-state index in [1.165, 1.54) is 6.92 Å². The molecule has 6 nitrogen and oxygen atoms in total. The van der Waals surface area contributed by atoms with Crippen LogP contribution in [-0.2, 0) is 14.3 Å². The van der Waals surface area contributed by atoms with Crippen molar-refractivity contribution in [3.63, 3.8) is 0 Å². The third-order valence-corrected chi connectivity index (χ3v) is 3.38. The molecule has 2 aromatic carbocycles. The second-order valence-electron chi connectivity index (χ2n) is 5.36. The highest BCUT2D eigenvalue weighted by Crippen LogP contribution is 2.16. The summed E-state index contributed by atoms with van der Waals surface area (Å²) in [5.41, 5.74) is 1.67. The Morgan fingerprint density at radius 3 is 2.36 bits per heavy atom. The molecule has 0 aromatic heterocycles. The lowest BCUT2D eigenvalue weighted by Crippen LogP contribution is -2.24. The number of carbonyl (C=O) groups is 3. The molecule has 0 aliphatic rings. The van der Waals surface area contributed by atoms with Crippen LogP contribution >= 0.6 is 0 Å². The Bertz CT molecular complexity index is 785. The Hall–Kier alpha value is -3.15. The maximum atomic E-state index is 11.9. The number of nitrogens with one attached hydrogen (secondary N) is 1. The summed E-state index contributed by atoms with van der Waals surface area (Å²) in [7, 11) is 0. The van der Waals surface area contributed by atoms with Crippen LogP contribution in [0.3, 0.4) is 0 Å². The summed E-state index contributed by atoms with van der Waals surface area (Å²) in [5, 5.41) is 2.55. The van der Waals surface area contributed by atoms with Gasteiger partial charge in [-0.2, -0.15) is 0 Å². The third kappa shape index (κ3) is 5.46. The van der Waals surface area contributed by atoms with E-state index in [1.54, 1.807) is 36.4 Å². The van der Waals surface area contributed by atoms with Crippen molar-refractivity contribution in [1.82, 2.24) is 0 Å². The van der Waals surface area contributed by atoms with E-state index < -0.39 is 18.5 Å². The molecule has 1 amide bonds. The van der Waals surface area contributed by atoms with Crippen LogP contribution in [0.1, 0.15) is 22.8 Å². The van der Waals surface area contributed by atoms with Crippen LogP contribution in [0.4, 0.5) is 5.69 Å². The number of para-hydroxylation sites is 2. The van der Waals surface area contributed by atoms with Crippen molar-refractivity contribution in [2.45, 2.75) is 13.8 Å². The first-order valence-electron chi connectivity index (χ1n) is 7.71. The van der Waals surface area contributed by atoms with Crippen LogP contribution in [0.15, 0.2) is 48.5 Å². The molecule has 1 N–H and O–H groups in total. The summed E-state index contributed by atoms with van der Waals surface area (Å²) in [4.78, 5) is 35.1. The lowest BCUT2D eigenvalue weighted by atomic mass is 10.1. The van der Waals surface area contributed by atoms with Gasteiger partial charge in [0.05, 0.1) is 5.69 Å². The summed E-state index contributed by atoms with van der Waals surface area (Å²) >= 11 is 0. The standard InChI is InChI=1S/C19H19NO5/c1-13-7-3-6-10-17(13)24-12-19(23)25-11-18(22)20-16-9-5-4-8-15(16)14(2)21/h3-10H,11-12H2,1-2H3,(H,20,22). The van der Waals surface area contributed by atoms with Gasteiger partial charge in [0.25, 0.3) is 5.91 Å². The normalized spacial score (nSPS) is 10.0. The molecule has 25 heavy (non-hydrogen) atoms. The van der Waals surface area contributed by atoms with E-state index in [9.17, 15) is 14.4 Å². The molecule has 0 spiro atoms. The predicted octanol–water partition coefficient (Wildman–Crippen LogP) is 2.76. The summed E-state index contributed by atoms with van der Waals surface area (Å²) < 4.78 is 10.2. The van der Waals surface area contributed by atoms with E-state index in [0.29, 0.717) is 17.0 Å². The fourth-order valence-corrected chi connectivity index (χ4v) is 2.13. The molecule has 130 valence electrons. The molecular formula is C19H19NO5. The van der Waals surface area contributed by atoms with E-state index >= 15 is 0 Å². The van der Waals surface area contributed by atoms with Gasteiger partial charge in [-0.15, -0.1) is 0 Å². The molecule has 0 saturated heterocycles. The van der Waals surface area contributed by atoms with Gasteiger partial charge < -0.3 is 14.8 Å². The topological polar surface area (TPSA) is 81.7 Å². The van der Waals surface area contributed by atoms with Gasteiger partial charge in [-0.3, -0.25) is 9.59 Å². The molecule has 0 aliphatic carbocycles. The van der Waals surface area contributed by atoms with Gasteiger partial charge in [-0.1, -0.05) is 30.3 Å². The molecule has 0 radical (unpaired) electrons. The minimum atomic E-state index is -0.654. The lowest BCUT2D eigenvalue weighted by Gasteiger charge is -2.10. The number of aryl methyl sites for hydroxylation is 1. The Morgan fingerprint density at radius 1 is 0.960 bits per heavy atom. The minimum Gasteiger partial charge on any atom is -0.482 e. The number of benzene rings is 2. The number of hydrogen-bond donors (Lipinski definition) is 1. The van der Waals surface area contributed by atoms with Gasteiger partial charge in [0, 0.05) is 5.56 Å². The number of anilines is 1. The molecule has 2 rings (SSSR count). The van der Waals surface area contributed by atoms with Gasteiger partial charge >= 0.3 is 5.97 Å². The molecule has 6 heteroatoms. The second-order valence-corrected chi connectivity index (χ2v) is 5.36. The van der Waals surface area contributed by atoms with Crippen molar-refractivity contribution in [2.75, 3.05) is 18.5 Å². The molecule has 0 fully saturated rings. The van der Waals surface area contributed by atoms with Crippen molar-refractivity contribution in [3.8, 4) is 5.75 Å². The monoisotopic (exact) mass is 341 g/mol. The summed E-state index contributed by atoms with van der Waals surface area (Å²) in [5.74, 6) is -0.769. The van der Waals surface area contributed by atoms with Crippen LogP contribution in [-0.4, -0.2) is 30.9 Å². The smallest absolute Gasteiger partial charge is 0.344 e. The van der Waals surface area contributed by atoms with E-state index in [2.05, 4.69) is 5.32 Å². The molecule has 0 heterocycles. The number of Topliss-reactive ketones (excluding diaryl/α,β-unsaturated/α-hetero) is 1. The summed E-state index contributed by atoms with van der Waals surface area (Å²) in [6.07, 6.45) is 0. The highest BCUT2D eigenvalue weighted by atomic mass is 16.6. The van der Waals surface area contributed by atoms with Crippen molar-refractivity contribution < 1.29 is 23.9 Å². The van der Waals surface area contributed by atoms with Gasteiger partial charge in [0.15, 0.2) is 19.0 Å². The Morgan fingerprint density at radius 2 is 1.64 bits per heavy atom. The Kier molecular flexibility index (Phi) is 6.28. The highest BCUT2D eigenvalue weighted by Gasteiger charge is 2.12.